The van der Waals surface area contributed by atoms with Crippen molar-refractivity contribution in [3.8, 4) is 5.75 Å². The number of methoxy groups -OCH3 is 1. The summed E-state index contributed by atoms with van der Waals surface area (Å²) in [6, 6.07) is 8.39. The molecule has 0 aromatic heterocycles. The number of sulfonamides is 1. The van der Waals surface area contributed by atoms with E-state index in [1.807, 2.05) is 50.6 Å². The second-order valence-electron chi connectivity index (χ2n) is 7.46. The summed E-state index contributed by atoms with van der Waals surface area (Å²) in [4.78, 5) is 12.2. The van der Waals surface area contributed by atoms with Gasteiger partial charge in [0.2, 0.25) is 0 Å². The van der Waals surface area contributed by atoms with Crippen LogP contribution in [0.5, 0.6) is 5.75 Å². The third-order valence-electron chi connectivity index (χ3n) is 4.61. The Hall–Kier alpha value is -2.56. The monoisotopic (exact) mass is 434 g/mol. The van der Waals surface area contributed by atoms with Crippen molar-refractivity contribution in [2.24, 2.45) is 0 Å². The van der Waals surface area contributed by atoms with E-state index in [0.717, 1.165) is 17.2 Å². The molecule has 0 saturated heterocycles. The SMILES string of the molecule is COc1ccc(B(O)O)cc1S(=O)(=O)NC(=O)Nc1c(C(C)C)cccc1C(C)C. The highest BCUT2D eigenvalue weighted by Crippen LogP contribution is 2.32. The normalized spacial score (nSPS) is 11.5. The van der Waals surface area contributed by atoms with Crippen molar-refractivity contribution in [1.82, 2.24) is 4.72 Å². The molecule has 30 heavy (non-hydrogen) atoms. The second-order valence-corrected chi connectivity index (χ2v) is 9.12. The Morgan fingerprint density at radius 2 is 1.60 bits per heavy atom. The minimum Gasteiger partial charge on any atom is -0.495 e. The lowest BCUT2D eigenvalue weighted by Gasteiger charge is -2.20. The molecule has 0 fully saturated rings. The maximum absolute atomic E-state index is 12.8. The maximum Gasteiger partial charge on any atom is 0.488 e. The van der Waals surface area contributed by atoms with Crippen molar-refractivity contribution in [3.05, 3.63) is 47.5 Å². The zero-order valence-electron chi connectivity index (χ0n) is 17.6. The number of carbonyl (C=O) groups excluding carboxylic acids is 1. The van der Waals surface area contributed by atoms with Crippen molar-refractivity contribution in [1.29, 1.82) is 0 Å². The van der Waals surface area contributed by atoms with E-state index >= 15 is 0 Å². The molecule has 2 rings (SSSR count). The Morgan fingerprint density at radius 3 is 2.07 bits per heavy atom. The van der Waals surface area contributed by atoms with Gasteiger partial charge in [0.05, 0.1) is 7.11 Å². The van der Waals surface area contributed by atoms with Crippen LogP contribution in [0.25, 0.3) is 0 Å². The Bertz CT molecular complexity index is 996. The third-order valence-corrected chi connectivity index (χ3v) is 5.97. The van der Waals surface area contributed by atoms with E-state index in [2.05, 4.69) is 5.32 Å². The molecular formula is C20H27BN2O6S. The molecule has 4 N–H and O–H groups in total. The standard InChI is InChI=1S/C20H27BN2O6S/c1-12(2)15-7-6-8-16(13(3)4)19(15)22-20(24)23-30(27,28)18-11-14(21(25)26)9-10-17(18)29-5/h6-13,25-26H,1-5H3,(H2,22,23,24). The van der Waals surface area contributed by atoms with E-state index in [0.29, 0.717) is 5.69 Å². The number of carbonyl (C=O) groups is 1. The number of anilines is 1. The molecule has 0 aliphatic rings. The molecule has 2 aromatic carbocycles. The van der Waals surface area contributed by atoms with Gasteiger partial charge in [-0.15, -0.1) is 0 Å². The Labute approximate surface area is 177 Å². The van der Waals surface area contributed by atoms with Crippen LogP contribution >= 0.6 is 0 Å². The number of ether oxygens (including phenoxy) is 1. The Balaban J connectivity index is 2.39. The fourth-order valence-corrected chi connectivity index (χ4v) is 4.19. The lowest BCUT2D eigenvalue weighted by molar-refractivity contribution is 0.256. The average Bonchev–Trinajstić information content (AvgIpc) is 2.66. The van der Waals surface area contributed by atoms with Gasteiger partial charge in [0.25, 0.3) is 10.0 Å². The van der Waals surface area contributed by atoms with Crippen LogP contribution < -0.4 is 20.2 Å². The first-order chi connectivity index (χ1) is 14.0. The van der Waals surface area contributed by atoms with Gasteiger partial charge in [-0.2, -0.15) is 0 Å². The van der Waals surface area contributed by atoms with Gasteiger partial charge in [0.1, 0.15) is 10.6 Å². The number of nitrogens with one attached hydrogen (secondary N) is 2. The highest BCUT2D eigenvalue weighted by Gasteiger charge is 2.26. The second kappa shape index (κ2) is 9.50. The van der Waals surface area contributed by atoms with Crippen LogP contribution in [-0.4, -0.2) is 38.7 Å². The van der Waals surface area contributed by atoms with Crippen molar-refractivity contribution < 1.29 is 28.0 Å². The molecule has 0 aliphatic carbocycles. The summed E-state index contributed by atoms with van der Waals surface area (Å²) in [5.74, 6) is 0.182. The minimum absolute atomic E-state index is 0.0369. The van der Waals surface area contributed by atoms with E-state index in [9.17, 15) is 23.3 Å². The van der Waals surface area contributed by atoms with Crippen LogP contribution in [0.4, 0.5) is 10.5 Å². The summed E-state index contributed by atoms with van der Waals surface area (Å²) >= 11 is 0. The molecule has 0 heterocycles. The summed E-state index contributed by atoms with van der Waals surface area (Å²) in [5, 5.41) is 21.4. The first-order valence-electron chi connectivity index (χ1n) is 9.48. The van der Waals surface area contributed by atoms with E-state index in [1.165, 1.54) is 19.2 Å². The molecule has 2 amide bonds. The predicted molar refractivity (Wildman–Crippen MR) is 117 cm³/mol. The Morgan fingerprint density at radius 1 is 1.03 bits per heavy atom. The average molecular weight is 434 g/mol. The van der Waals surface area contributed by atoms with Crippen molar-refractivity contribution in [2.45, 2.75) is 44.4 Å². The number of urea groups is 1. The predicted octanol–water partition coefficient (Wildman–Crippen LogP) is 2.13. The summed E-state index contributed by atoms with van der Waals surface area (Å²) in [7, 11) is -4.95. The molecule has 0 spiro atoms. The molecule has 0 bridgehead atoms. The summed E-state index contributed by atoms with van der Waals surface area (Å²) in [6.07, 6.45) is 0. The largest absolute Gasteiger partial charge is 0.495 e. The van der Waals surface area contributed by atoms with Gasteiger partial charge in [-0.3, -0.25) is 0 Å². The first-order valence-corrected chi connectivity index (χ1v) is 11.0. The summed E-state index contributed by atoms with van der Waals surface area (Å²) in [6.45, 7) is 7.93. The van der Waals surface area contributed by atoms with Crippen LogP contribution in [0.15, 0.2) is 41.3 Å². The van der Waals surface area contributed by atoms with E-state index < -0.39 is 23.2 Å². The molecular weight excluding hydrogens is 407 g/mol. The van der Waals surface area contributed by atoms with Crippen LogP contribution in [-0.2, 0) is 10.0 Å². The zero-order chi connectivity index (χ0) is 22.6. The van der Waals surface area contributed by atoms with Gasteiger partial charge < -0.3 is 20.1 Å². The number of hydrogen-bond acceptors (Lipinski definition) is 6. The molecule has 0 aliphatic heterocycles. The molecule has 162 valence electrons. The van der Waals surface area contributed by atoms with Gasteiger partial charge in [0.15, 0.2) is 0 Å². The van der Waals surface area contributed by atoms with E-state index in [4.69, 9.17) is 4.74 Å². The molecule has 8 nitrogen and oxygen atoms in total. The summed E-state index contributed by atoms with van der Waals surface area (Å²) in [5.41, 5.74) is 2.29. The number of benzene rings is 2. The van der Waals surface area contributed by atoms with Gasteiger partial charge in [0, 0.05) is 5.69 Å². The van der Waals surface area contributed by atoms with Crippen LogP contribution in [0.3, 0.4) is 0 Å². The number of hydrogen-bond donors (Lipinski definition) is 4. The van der Waals surface area contributed by atoms with Gasteiger partial charge >= 0.3 is 13.1 Å². The van der Waals surface area contributed by atoms with Crippen LogP contribution in [0.1, 0.15) is 50.7 Å². The molecule has 0 atom stereocenters. The van der Waals surface area contributed by atoms with Gasteiger partial charge in [-0.05, 0) is 40.6 Å². The minimum atomic E-state index is -4.35. The molecule has 0 saturated carbocycles. The molecule has 10 heteroatoms. The molecule has 0 radical (unpaired) electrons. The highest BCUT2D eigenvalue weighted by atomic mass is 32.2. The van der Waals surface area contributed by atoms with Gasteiger partial charge in [-0.1, -0.05) is 52.0 Å². The van der Waals surface area contributed by atoms with E-state index in [-0.39, 0.29) is 27.9 Å². The summed E-state index contributed by atoms with van der Waals surface area (Å²) < 4.78 is 32.6. The highest BCUT2D eigenvalue weighted by molar-refractivity contribution is 7.90. The number of rotatable bonds is 7. The third kappa shape index (κ3) is 5.32. The van der Waals surface area contributed by atoms with Crippen LogP contribution in [0, 0.1) is 0 Å². The van der Waals surface area contributed by atoms with Crippen molar-refractivity contribution >= 4 is 34.3 Å². The van der Waals surface area contributed by atoms with Crippen molar-refractivity contribution in [2.75, 3.05) is 12.4 Å². The molecule has 0 unspecified atom stereocenters. The van der Waals surface area contributed by atoms with E-state index in [1.54, 1.807) is 0 Å². The topological polar surface area (TPSA) is 125 Å². The maximum atomic E-state index is 12.8. The van der Waals surface area contributed by atoms with Gasteiger partial charge in [-0.25, -0.2) is 17.9 Å². The van der Waals surface area contributed by atoms with Crippen LogP contribution in [0.2, 0.25) is 0 Å². The fourth-order valence-electron chi connectivity index (χ4n) is 3.08. The fraction of sp³-hybridized carbons (Fsp3) is 0.350. The van der Waals surface area contributed by atoms with Crippen molar-refractivity contribution in [3.63, 3.8) is 0 Å². The Kier molecular flexibility index (Phi) is 7.51. The lowest BCUT2D eigenvalue weighted by Crippen LogP contribution is -2.36. The zero-order valence-corrected chi connectivity index (χ0v) is 18.4. The lowest BCUT2D eigenvalue weighted by atomic mass is 9.80. The number of amides is 2. The number of para-hydroxylation sites is 1. The quantitative estimate of drug-likeness (QED) is 0.495. The first kappa shape index (κ1) is 23.7. The smallest absolute Gasteiger partial charge is 0.488 e. The molecule has 2 aromatic rings.